The zero-order chi connectivity index (χ0) is 23.0. The fourth-order valence-corrected chi connectivity index (χ4v) is 4.26. The second-order valence-corrected chi connectivity index (χ2v) is 8.13. The molecule has 0 aliphatic carbocycles. The first-order chi connectivity index (χ1) is 15.2. The average molecular weight is 440 g/mol. The lowest BCUT2D eigenvalue weighted by Gasteiger charge is -2.29. The third kappa shape index (κ3) is 3.70. The van der Waals surface area contributed by atoms with Crippen LogP contribution in [0.25, 0.3) is 0 Å². The van der Waals surface area contributed by atoms with E-state index in [9.17, 15) is 18.4 Å². The summed E-state index contributed by atoms with van der Waals surface area (Å²) in [5.41, 5.74) is 0.615. The summed E-state index contributed by atoms with van der Waals surface area (Å²) in [7, 11) is 1.59. The summed E-state index contributed by atoms with van der Waals surface area (Å²) < 4.78 is 31.5. The molecule has 168 valence electrons. The van der Waals surface area contributed by atoms with Gasteiger partial charge >= 0.3 is 5.69 Å². The molecule has 3 aromatic rings. The van der Waals surface area contributed by atoms with Crippen LogP contribution in [-0.2, 0) is 26.1 Å². The van der Waals surface area contributed by atoms with Gasteiger partial charge in [-0.15, -0.1) is 0 Å². The summed E-state index contributed by atoms with van der Waals surface area (Å²) in [6.45, 7) is 3.35. The fraction of sp³-hybridized carbons (Fsp3) is 0.333. The van der Waals surface area contributed by atoms with Crippen LogP contribution in [0.1, 0.15) is 43.1 Å². The van der Waals surface area contributed by atoms with Crippen molar-refractivity contribution in [1.82, 2.24) is 9.13 Å². The van der Waals surface area contributed by atoms with Crippen molar-refractivity contribution in [2.24, 2.45) is 7.05 Å². The van der Waals surface area contributed by atoms with Crippen LogP contribution in [-0.4, -0.2) is 9.13 Å². The van der Waals surface area contributed by atoms with Crippen molar-refractivity contribution in [3.63, 3.8) is 0 Å². The lowest BCUT2D eigenvalue weighted by molar-refractivity contribution is 0.0163. The van der Waals surface area contributed by atoms with Gasteiger partial charge in [-0.05, 0) is 12.0 Å². The van der Waals surface area contributed by atoms with Crippen LogP contribution < -0.4 is 21.5 Å². The predicted molar refractivity (Wildman–Crippen MR) is 121 cm³/mol. The zero-order valence-corrected chi connectivity index (χ0v) is 18.3. The van der Waals surface area contributed by atoms with Crippen LogP contribution in [0.3, 0.4) is 0 Å². The number of benzene rings is 2. The standard InChI is InChI=1S/C24H26F2N4O2/c1-4-14-29-22(31)19-21(28(3)23(29)32)27-20(30(19)15-16-10-6-5-7-11-16)17-12-8-9-13-18(17)24(2,25)26/h5-13,20,27H,4,14-15H2,1-3H3. The summed E-state index contributed by atoms with van der Waals surface area (Å²) in [5, 5.41) is 3.20. The molecule has 32 heavy (non-hydrogen) atoms. The van der Waals surface area contributed by atoms with Gasteiger partial charge in [0.2, 0.25) is 0 Å². The van der Waals surface area contributed by atoms with Crippen molar-refractivity contribution in [3.05, 3.63) is 92.1 Å². The van der Waals surface area contributed by atoms with Crippen LogP contribution in [0.2, 0.25) is 0 Å². The molecule has 1 aliphatic heterocycles. The maximum atomic E-state index is 14.5. The Bertz CT molecular complexity index is 1250. The Morgan fingerprint density at radius 2 is 1.69 bits per heavy atom. The summed E-state index contributed by atoms with van der Waals surface area (Å²) >= 11 is 0. The number of fused-ring (bicyclic) bond motifs is 1. The Hall–Kier alpha value is -3.42. The summed E-state index contributed by atoms with van der Waals surface area (Å²) in [6, 6.07) is 15.8. The molecule has 0 bridgehead atoms. The van der Waals surface area contributed by atoms with Gasteiger partial charge in [-0.25, -0.2) is 13.6 Å². The first kappa shape index (κ1) is 21.8. The molecule has 2 aromatic carbocycles. The summed E-state index contributed by atoms with van der Waals surface area (Å²) in [5.74, 6) is -2.73. The van der Waals surface area contributed by atoms with Gasteiger partial charge in [0.25, 0.3) is 11.5 Å². The number of rotatable bonds is 6. The molecule has 6 nitrogen and oxygen atoms in total. The molecule has 8 heteroatoms. The molecule has 1 N–H and O–H groups in total. The third-order valence-corrected chi connectivity index (χ3v) is 5.77. The Morgan fingerprint density at radius 3 is 2.34 bits per heavy atom. The van der Waals surface area contributed by atoms with E-state index in [1.807, 2.05) is 37.3 Å². The van der Waals surface area contributed by atoms with Gasteiger partial charge in [-0.2, -0.15) is 0 Å². The van der Waals surface area contributed by atoms with Crippen LogP contribution in [0.15, 0.2) is 64.2 Å². The second-order valence-electron chi connectivity index (χ2n) is 8.13. The first-order valence-electron chi connectivity index (χ1n) is 10.6. The van der Waals surface area contributed by atoms with Crippen molar-refractivity contribution in [1.29, 1.82) is 0 Å². The largest absolute Gasteiger partial charge is 0.346 e. The molecule has 0 saturated carbocycles. The van der Waals surface area contributed by atoms with E-state index in [-0.39, 0.29) is 12.1 Å². The van der Waals surface area contributed by atoms with E-state index < -0.39 is 23.3 Å². The van der Waals surface area contributed by atoms with Crippen molar-refractivity contribution >= 4 is 11.5 Å². The van der Waals surface area contributed by atoms with E-state index in [1.54, 1.807) is 30.1 Å². The molecule has 0 saturated heterocycles. The minimum atomic E-state index is -3.07. The fourth-order valence-electron chi connectivity index (χ4n) is 4.26. The molecule has 2 heterocycles. The molecule has 1 unspecified atom stereocenters. The minimum Gasteiger partial charge on any atom is -0.346 e. The van der Waals surface area contributed by atoms with E-state index in [0.29, 0.717) is 30.0 Å². The Kier molecular flexibility index (Phi) is 5.62. The monoisotopic (exact) mass is 440 g/mol. The molecule has 1 aliphatic rings. The van der Waals surface area contributed by atoms with Crippen molar-refractivity contribution in [2.45, 2.75) is 45.4 Å². The van der Waals surface area contributed by atoms with Gasteiger partial charge in [0.05, 0.1) is 0 Å². The maximum Gasteiger partial charge on any atom is 0.332 e. The Balaban J connectivity index is 1.94. The molecular weight excluding hydrogens is 414 g/mol. The molecule has 0 radical (unpaired) electrons. The smallest absolute Gasteiger partial charge is 0.332 e. The predicted octanol–water partition coefficient (Wildman–Crippen LogP) is 4.20. The lowest BCUT2D eigenvalue weighted by Crippen LogP contribution is -2.41. The number of halogens is 2. The van der Waals surface area contributed by atoms with Crippen LogP contribution in [0.4, 0.5) is 20.3 Å². The highest BCUT2D eigenvalue weighted by molar-refractivity contribution is 5.73. The Morgan fingerprint density at radius 1 is 1.03 bits per heavy atom. The van der Waals surface area contributed by atoms with E-state index in [2.05, 4.69) is 5.32 Å². The van der Waals surface area contributed by atoms with Crippen LogP contribution in [0.5, 0.6) is 0 Å². The summed E-state index contributed by atoms with van der Waals surface area (Å²) in [4.78, 5) is 28.0. The van der Waals surface area contributed by atoms with Crippen LogP contribution >= 0.6 is 0 Å². The number of aromatic nitrogens is 2. The average Bonchev–Trinajstić information content (AvgIpc) is 3.14. The van der Waals surface area contributed by atoms with Crippen LogP contribution in [0, 0.1) is 0 Å². The Labute approximate surface area is 184 Å². The highest BCUT2D eigenvalue weighted by Gasteiger charge is 2.39. The highest BCUT2D eigenvalue weighted by atomic mass is 19.3. The first-order valence-corrected chi connectivity index (χ1v) is 10.6. The van der Waals surface area contributed by atoms with Gasteiger partial charge in [-0.3, -0.25) is 13.9 Å². The molecule has 0 amide bonds. The van der Waals surface area contributed by atoms with Crippen molar-refractivity contribution in [3.8, 4) is 0 Å². The summed E-state index contributed by atoms with van der Waals surface area (Å²) in [6.07, 6.45) is -0.114. The number of hydrogen-bond donors (Lipinski definition) is 1. The highest BCUT2D eigenvalue weighted by Crippen LogP contribution is 2.42. The van der Waals surface area contributed by atoms with Gasteiger partial charge in [0.15, 0.2) is 0 Å². The number of hydrogen-bond acceptors (Lipinski definition) is 4. The quantitative estimate of drug-likeness (QED) is 0.624. The van der Waals surface area contributed by atoms with Gasteiger partial charge < -0.3 is 10.2 Å². The SMILES string of the molecule is CCCn1c(=O)c2c(n(C)c1=O)NC(c1ccccc1C(C)(F)F)N2Cc1ccccc1. The molecule has 1 atom stereocenters. The third-order valence-electron chi connectivity index (χ3n) is 5.77. The number of nitrogens with zero attached hydrogens (tertiary/aromatic N) is 3. The minimum absolute atomic E-state index is 0.123. The topological polar surface area (TPSA) is 59.3 Å². The number of alkyl halides is 2. The molecule has 0 spiro atoms. The molecule has 4 rings (SSSR count). The van der Waals surface area contributed by atoms with Crippen molar-refractivity contribution in [2.75, 3.05) is 10.2 Å². The van der Waals surface area contributed by atoms with Gasteiger partial charge in [0, 0.05) is 38.2 Å². The molecule has 0 fully saturated rings. The van der Waals surface area contributed by atoms with Gasteiger partial charge in [0.1, 0.15) is 17.7 Å². The second kappa shape index (κ2) is 8.26. The van der Waals surface area contributed by atoms with E-state index >= 15 is 0 Å². The molecule has 1 aromatic heterocycles. The van der Waals surface area contributed by atoms with Crippen molar-refractivity contribution < 1.29 is 8.78 Å². The van der Waals surface area contributed by atoms with E-state index in [1.165, 1.54) is 15.2 Å². The van der Waals surface area contributed by atoms with E-state index in [0.717, 1.165) is 12.5 Å². The van der Waals surface area contributed by atoms with Gasteiger partial charge in [-0.1, -0.05) is 61.5 Å². The lowest BCUT2D eigenvalue weighted by atomic mass is 9.99. The van der Waals surface area contributed by atoms with E-state index in [4.69, 9.17) is 0 Å². The number of nitrogens with one attached hydrogen (secondary N) is 1. The molecular formula is C24H26F2N4O2. The number of anilines is 2. The maximum absolute atomic E-state index is 14.5. The zero-order valence-electron chi connectivity index (χ0n) is 18.3. The normalized spacial score (nSPS) is 15.5.